The number of hydrogen-bond donors (Lipinski definition) is 2. The summed E-state index contributed by atoms with van der Waals surface area (Å²) in [5, 5.41) is 11.7. The molecule has 3 N–H and O–H groups in total. The first kappa shape index (κ1) is 19.7. The van der Waals surface area contributed by atoms with Gasteiger partial charge in [0, 0.05) is 41.3 Å². The predicted octanol–water partition coefficient (Wildman–Crippen LogP) is 4.06. The van der Waals surface area contributed by atoms with Crippen molar-refractivity contribution in [2.24, 2.45) is 5.73 Å². The predicted molar refractivity (Wildman–Crippen MR) is 123 cm³/mol. The summed E-state index contributed by atoms with van der Waals surface area (Å²) in [7, 11) is 0. The molecule has 1 saturated carbocycles. The van der Waals surface area contributed by atoms with Crippen molar-refractivity contribution in [1.29, 1.82) is 0 Å². The van der Waals surface area contributed by atoms with Crippen LogP contribution < -0.4 is 5.73 Å². The molecule has 164 valence electrons. The summed E-state index contributed by atoms with van der Waals surface area (Å²) in [5.41, 5.74) is 12.5. The van der Waals surface area contributed by atoms with Crippen LogP contribution in [0.25, 0.3) is 44.8 Å². The number of H-pyrrole nitrogens is 1. The fourth-order valence-corrected chi connectivity index (χ4v) is 4.20. The van der Waals surface area contributed by atoms with Gasteiger partial charge in [0.1, 0.15) is 11.5 Å². The van der Waals surface area contributed by atoms with Gasteiger partial charge in [-0.25, -0.2) is 14.4 Å². The van der Waals surface area contributed by atoms with Gasteiger partial charge in [-0.2, -0.15) is 10.2 Å². The smallest absolute Gasteiger partial charge is 0.144 e. The van der Waals surface area contributed by atoms with Crippen LogP contribution in [0.5, 0.6) is 0 Å². The van der Waals surface area contributed by atoms with Gasteiger partial charge in [-0.05, 0) is 50.1 Å². The Morgan fingerprint density at radius 2 is 1.88 bits per heavy atom. The highest BCUT2D eigenvalue weighted by molar-refractivity contribution is 5.84. The standard InChI is InChI=1S/C24H21FN8/c1-13-19(25)2-3-22(30-13)24-18(11-28-32-24)20-4-5-21-23(31-20)6-14(9-27-21)15-10-29-33(12-15)17-7-16(26)8-17/h2-6,9-12,16-17H,7-8,26H2,1H3,(H,28,32). The number of aromatic nitrogens is 7. The number of nitrogens with zero attached hydrogens (tertiary/aromatic N) is 6. The number of hydrogen-bond acceptors (Lipinski definition) is 6. The van der Waals surface area contributed by atoms with Crippen molar-refractivity contribution >= 4 is 11.0 Å². The van der Waals surface area contributed by atoms with E-state index in [9.17, 15) is 4.39 Å². The second-order valence-corrected chi connectivity index (χ2v) is 8.46. The number of pyridine rings is 3. The van der Waals surface area contributed by atoms with Crippen LogP contribution in [0.2, 0.25) is 0 Å². The first-order chi connectivity index (χ1) is 16.0. The average molecular weight is 440 g/mol. The van der Waals surface area contributed by atoms with E-state index in [1.54, 1.807) is 19.2 Å². The summed E-state index contributed by atoms with van der Waals surface area (Å²) in [6, 6.07) is 9.51. The van der Waals surface area contributed by atoms with Crippen LogP contribution in [0, 0.1) is 12.7 Å². The lowest BCUT2D eigenvalue weighted by Gasteiger charge is -2.32. The fraction of sp³-hybridized carbons (Fsp3) is 0.208. The molecule has 0 aromatic carbocycles. The third kappa shape index (κ3) is 3.46. The maximum Gasteiger partial charge on any atom is 0.144 e. The fourth-order valence-electron chi connectivity index (χ4n) is 4.20. The highest BCUT2D eigenvalue weighted by atomic mass is 19.1. The van der Waals surface area contributed by atoms with E-state index in [0.717, 1.165) is 46.3 Å². The molecule has 0 spiro atoms. The number of nitrogens with one attached hydrogen (secondary N) is 1. The minimum absolute atomic E-state index is 0.273. The molecule has 0 amide bonds. The molecule has 9 heteroatoms. The Balaban J connectivity index is 1.36. The lowest BCUT2D eigenvalue weighted by atomic mass is 9.88. The summed E-state index contributed by atoms with van der Waals surface area (Å²) in [6.07, 6.45) is 9.42. The molecule has 0 unspecified atom stereocenters. The van der Waals surface area contributed by atoms with Gasteiger partial charge in [0.25, 0.3) is 0 Å². The quantitative estimate of drug-likeness (QED) is 0.436. The van der Waals surface area contributed by atoms with Crippen molar-refractivity contribution in [2.45, 2.75) is 31.8 Å². The van der Waals surface area contributed by atoms with Gasteiger partial charge < -0.3 is 5.73 Å². The Morgan fingerprint density at radius 3 is 2.70 bits per heavy atom. The number of aromatic amines is 1. The molecule has 8 nitrogen and oxygen atoms in total. The molecule has 6 rings (SSSR count). The SMILES string of the molecule is Cc1nc(-c2n[nH]cc2-c2ccc3ncc(-c4cnn(C5CC(N)C5)c4)cc3n2)ccc1F. The molecule has 5 aromatic heterocycles. The molecule has 0 atom stereocenters. The zero-order chi connectivity index (χ0) is 22.5. The Kier molecular flexibility index (Phi) is 4.51. The molecule has 33 heavy (non-hydrogen) atoms. The van der Waals surface area contributed by atoms with Crippen molar-refractivity contribution < 1.29 is 4.39 Å². The van der Waals surface area contributed by atoms with E-state index in [-0.39, 0.29) is 11.9 Å². The topological polar surface area (TPSA) is 111 Å². The van der Waals surface area contributed by atoms with E-state index in [4.69, 9.17) is 10.7 Å². The maximum absolute atomic E-state index is 13.7. The van der Waals surface area contributed by atoms with Crippen molar-refractivity contribution in [1.82, 2.24) is 34.9 Å². The van der Waals surface area contributed by atoms with Gasteiger partial charge in [-0.15, -0.1) is 0 Å². The largest absolute Gasteiger partial charge is 0.328 e. The molecule has 0 bridgehead atoms. The highest BCUT2D eigenvalue weighted by Crippen LogP contribution is 2.33. The minimum atomic E-state index is -0.346. The molecule has 0 radical (unpaired) electrons. The van der Waals surface area contributed by atoms with E-state index in [1.165, 1.54) is 6.07 Å². The number of rotatable bonds is 4. The molecule has 1 aliphatic carbocycles. The summed E-state index contributed by atoms with van der Waals surface area (Å²) in [5.74, 6) is -0.346. The van der Waals surface area contributed by atoms with Gasteiger partial charge in [-0.3, -0.25) is 14.8 Å². The van der Waals surface area contributed by atoms with Crippen LogP contribution >= 0.6 is 0 Å². The second kappa shape index (κ2) is 7.56. The van der Waals surface area contributed by atoms with Gasteiger partial charge in [0.2, 0.25) is 0 Å². The second-order valence-electron chi connectivity index (χ2n) is 8.46. The number of halogens is 1. The molecule has 0 aliphatic heterocycles. The molecular weight excluding hydrogens is 419 g/mol. The maximum atomic E-state index is 13.7. The Bertz CT molecular complexity index is 1480. The normalized spacial score (nSPS) is 17.9. The van der Waals surface area contributed by atoms with E-state index in [0.29, 0.717) is 23.1 Å². The Hall–Kier alpha value is -3.98. The zero-order valence-electron chi connectivity index (χ0n) is 17.9. The first-order valence-corrected chi connectivity index (χ1v) is 10.8. The molecule has 1 aliphatic rings. The monoisotopic (exact) mass is 440 g/mol. The van der Waals surface area contributed by atoms with Crippen molar-refractivity contribution in [3.8, 4) is 33.8 Å². The van der Waals surface area contributed by atoms with Gasteiger partial charge in [0.15, 0.2) is 0 Å². The summed E-state index contributed by atoms with van der Waals surface area (Å²) >= 11 is 0. The minimum Gasteiger partial charge on any atom is -0.328 e. The van der Waals surface area contributed by atoms with Gasteiger partial charge >= 0.3 is 0 Å². The van der Waals surface area contributed by atoms with Crippen molar-refractivity contribution in [2.75, 3.05) is 0 Å². The van der Waals surface area contributed by atoms with Crippen LogP contribution in [0.4, 0.5) is 4.39 Å². The van der Waals surface area contributed by atoms with Crippen molar-refractivity contribution in [3.63, 3.8) is 0 Å². The molecule has 0 saturated heterocycles. The summed E-state index contributed by atoms with van der Waals surface area (Å²) in [4.78, 5) is 13.8. The van der Waals surface area contributed by atoms with Crippen LogP contribution in [0.15, 0.2) is 55.1 Å². The van der Waals surface area contributed by atoms with E-state index < -0.39 is 0 Å². The van der Waals surface area contributed by atoms with E-state index in [1.807, 2.05) is 41.5 Å². The summed E-state index contributed by atoms with van der Waals surface area (Å²) in [6.45, 7) is 1.63. The molecule has 1 fully saturated rings. The van der Waals surface area contributed by atoms with Crippen LogP contribution in [0.3, 0.4) is 0 Å². The molecular formula is C24H21FN8. The molecule has 5 heterocycles. The lowest BCUT2D eigenvalue weighted by molar-refractivity contribution is 0.247. The highest BCUT2D eigenvalue weighted by Gasteiger charge is 2.28. The number of nitrogens with two attached hydrogens (primary N) is 1. The molecule has 5 aromatic rings. The lowest BCUT2D eigenvalue weighted by Crippen LogP contribution is -2.37. The van der Waals surface area contributed by atoms with Crippen LogP contribution in [-0.2, 0) is 0 Å². The zero-order valence-corrected chi connectivity index (χ0v) is 17.9. The first-order valence-electron chi connectivity index (χ1n) is 10.8. The Labute approximate surface area is 188 Å². The average Bonchev–Trinajstić information content (AvgIpc) is 3.48. The van der Waals surface area contributed by atoms with Crippen LogP contribution in [0.1, 0.15) is 24.6 Å². The third-order valence-corrected chi connectivity index (χ3v) is 6.18. The van der Waals surface area contributed by atoms with E-state index >= 15 is 0 Å². The third-order valence-electron chi connectivity index (χ3n) is 6.18. The Morgan fingerprint density at radius 1 is 1.03 bits per heavy atom. The van der Waals surface area contributed by atoms with E-state index in [2.05, 4.69) is 25.3 Å². The number of aryl methyl sites for hydroxylation is 1. The number of fused-ring (bicyclic) bond motifs is 1. The van der Waals surface area contributed by atoms with Crippen molar-refractivity contribution in [3.05, 3.63) is 66.6 Å². The van der Waals surface area contributed by atoms with Crippen LogP contribution in [-0.4, -0.2) is 41.0 Å². The van der Waals surface area contributed by atoms with Gasteiger partial charge in [0.05, 0.1) is 40.4 Å². The summed E-state index contributed by atoms with van der Waals surface area (Å²) < 4.78 is 15.7. The van der Waals surface area contributed by atoms with Gasteiger partial charge in [-0.1, -0.05) is 0 Å².